The first-order valence-electron chi connectivity index (χ1n) is 6.63. The molecule has 0 saturated carbocycles. The summed E-state index contributed by atoms with van der Waals surface area (Å²) in [5.74, 6) is -0.252. The van der Waals surface area contributed by atoms with Gasteiger partial charge in [-0.3, -0.25) is 9.35 Å². The molecule has 0 unspecified atom stereocenters. The van der Waals surface area contributed by atoms with Gasteiger partial charge >= 0.3 is 0 Å². The van der Waals surface area contributed by atoms with Crippen molar-refractivity contribution >= 4 is 15.9 Å². The zero-order chi connectivity index (χ0) is 13.9. The maximum absolute atomic E-state index is 11.4. The minimum atomic E-state index is -3.93. The number of ketones is 1. The van der Waals surface area contributed by atoms with Crippen molar-refractivity contribution in [2.24, 2.45) is 0 Å². The molecule has 0 fully saturated rings. The topological polar surface area (TPSA) is 83.5 Å². The molecule has 0 spiro atoms. The Balaban J connectivity index is 3.33. The van der Waals surface area contributed by atoms with Gasteiger partial charge in [-0.1, -0.05) is 39.0 Å². The van der Waals surface area contributed by atoms with Crippen LogP contribution < -0.4 is 5.32 Å². The molecule has 0 aromatic rings. The van der Waals surface area contributed by atoms with Crippen molar-refractivity contribution in [1.82, 2.24) is 5.32 Å². The Hall–Kier alpha value is -0.460. The van der Waals surface area contributed by atoms with Crippen LogP contribution in [0, 0.1) is 0 Å². The third-order valence-electron chi connectivity index (χ3n) is 2.67. The quantitative estimate of drug-likeness (QED) is 0.420. The van der Waals surface area contributed by atoms with Gasteiger partial charge in [0.05, 0.1) is 12.3 Å². The zero-order valence-corrected chi connectivity index (χ0v) is 12.0. The molecule has 0 aliphatic carbocycles. The molecule has 0 heterocycles. The number of carbonyl (C=O) groups excluding carboxylic acids is 1. The van der Waals surface area contributed by atoms with E-state index in [0.29, 0.717) is 6.42 Å². The SMILES string of the molecule is CCCCCCCCC(=O)CNCCS(=O)(=O)O. The van der Waals surface area contributed by atoms with Gasteiger partial charge in [0.25, 0.3) is 10.1 Å². The van der Waals surface area contributed by atoms with E-state index in [2.05, 4.69) is 12.2 Å². The molecule has 0 aromatic heterocycles. The van der Waals surface area contributed by atoms with E-state index in [1.807, 2.05) is 0 Å². The van der Waals surface area contributed by atoms with Crippen molar-refractivity contribution in [3.8, 4) is 0 Å². The maximum Gasteiger partial charge on any atom is 0.266 e. The molecule has 0 radical (unpaired) electrons. The average molecular weight is 279 g/mol. The highest BCUT2D eigenvalue weighted by atomic mass is 32.2. The smallest absolute Gasteiger partial charge is 0.266 e. The molecular formula is C12H25NO4S. The van der Waals surface area contributed by atoms with Gasteiger partial charge in [0.1, 0.15) is 5.78 Å². The van der Waals surface area contributed by atoms with Crippen molar-refractivity contribution in [3.63, 3.8) is 0 Å². The summed E-state index contributed by atoms with van der Waals surface area (Å²) < 4.78 is 29.3. The summed E-state index contributed by atoms with van der Waals surface area (Å²) >= 11 is 0. The molecule has 0 amide bonds. The third kappa shape index (κ3) is 13.6. The third-order valence-corrected chi connectivity index (χ3v) is 3.39. The Bertz CT molecular complexity index is 314. The summed E-state index contributed by atoms with van der Waals surface area (Å²) in [5, 5.41) is 2.71. The second kappa shape index (κ2) is 10.5. The Kier molecular flexibility index (Phi) is 10.2. The van der Waals surface area contributed by atoms with Crippen LogP contribution in [0.5, 0.6) is 0 Å². The molecule has 0 saturated heterocycles. The number of hydrogen-bond acceptors (Lipinski definition) is 4. The van der Waals surface area contributed by atoms with Crippen LogP contribution in [0.1, 0.15) is 51.9 Å². The molecule has 0 rings (SSSR count). The minimum Gasteiger partial charge on any atom is -0.309 e. The standard InChI is InChI=1S/C12H25NO4S/c1-2-3-4-5-6-7-8-12(14)11-13-9-10-18(15,16)17/h13H,2-11H2,1H3,(H,15,16,17). The summed E-state index contributed by atoms with van der Waals surface area (Å²) in [5.41, 5.74) is 0. The van der Waals surface area contributed by atoms with E-state index in [0.717, 1.165) is 12.8 Å². The largest absolute Gasteiger partial charge is 0.309 e. The van der Waals surface area contributed by atoms with Crippen molar-refractivity contribution in [2.75, 3.05) is 18.8 Å². The first-order chi connectivity index (χ1) is 8.45. The number of hydrogen-bond donors (Lipinski definition) is 2. The summed E-state index contributed by atoms with van der Waals surface area (Å²) in [6, 6.07) is 0. The van der Waals surface area contributed by atoms with Gasteiger partial charge in [0, 0.05) is 13.0 Å². The van der Waals surface area contributed by atoms with Crippen LogP contribution in [0.25, 0.3) is 0 Å². The summed E-state index contributed by atoms with van der Waals surface area (Å²) in [6.45, 7) is 2.47. The molecular weight excluding hydrogens is 254 g/mol. The van der Waals surface area contributed by atoms with Crippen LogP contribution in [0.4, 0.5) is 0 Å². The van der Waals surface area contributed by atoms with Crippen LogP contribution in [-0.2, 0) is 14.9 Å². The molecule has 0 bridgehead atoms. The highest BCUT2D eigenvalue weighted by molar-refractivity contribution is 7.85. The lowest BCUT2D eigenvalue weighted by atomic mass is 10.1. The molecule has 2 N–H and O–H groups in total. The van der Waals surface area contributed by atoms with Crippen molar-refractivity contribution in [2.45, 2.75) is 51.9 Å². The number of unbranched alkanes of at least 4 members (excludes halogenated alkanes) is 5. The fraction of sp³-hybridized carbons (Fsp3) is 0.917. The normalized spacial score (nSPS) is 11.7. The number of carbonyl (C=O) groups is 1. The lowest BCUT2D eigenvalue weighted by Gasteiger charge is -2.03. The number of nitrogens with one attached hydrogen (secondary N) is 1. The van der Waals surface area contributed by atoms with Crippen LogP contribution in [0.2, 0.25) is 0 Å². The van der Waals surface area contributed by atoms with E-state index in [1.54, 1.807) is 0 Å². The Labute approximate surface area is 110 Å². The van der Waals surface area contributed by atoms with Crippen LogP contribution in [0.3, 0.4) is 0 Å². The summed E-state index contributed by atoms with van der Waals surface area (Å²) in [4.78, 5) is 11.4. The lowest BCUT2D eigenvalue weighted by molar-refractivity contribution is -0.118. The van der Waals surface area contributed by atoms with E-state index in [1.165, 1.54) is 25.7 Å². The molecule has 0 aliphatic rings. The lowest BCUT2D eigenvalue weighted by Crippen LogP contribution is -2.28. The molecule has 6 heteroatoms. The molecule has 0 atom stereocenters. The van der Waals surface area contributed by atoms with E-state index in [-0.39, 0.29) is 24.6 Å². The maximum atomic E-state index is 11.4. The van der Waals surface area contributed by atoms with E-state index < -0.39 is 10.1 Å². The van der Waals surface area contributed by atoms with Gasteiger partial charge < -0.3 is 5.32 Å². The van der Waals surface area contributed by atoms with Gasteiger partial charge in [0.15, 0.2) is 0 Å². The van der Waals surface area contributed by atoms with Gasteiger partial charge in [-0.05, 0) is 6.42 Å². The Morgan fingerprint density at radius 3 is 2.33 bits per heavy atom. The fourth-order valence-corrected chi connectivity index (χ4v) is 2.02. The molecule has 5 nitrogen and oxygen atoms in total. The van der Waals surface area contributed by atoms with Gasteiger partial charge in [0.2, 0.25) is 0 Å². The van der Waals surface area contributed by atoms with Gasteiger partial charge in [-0.2, -0.15) is 8.42 Å². The first-order valence-corrected chi connectivity index (χ1v) is 8.24. The van der Waals surface area contributed by atoms with E-state index >= 15 is 0 Å². The highest BCUT2D eigenvalue weighted by Crippen LogP contribution is 2.06. The summed E-state index contributed by atoms with van der Waals surface area (Å²) in [6.07, 6.45) is 7.42. The summed E-state index contributed by atoms with van der Waals surface area (Å²) in [7, 11) is -3.93. The minimum absolute atomic E-state index is 0.0980. The number of Topliss-reactive ketones (excluding diaryl/α,β-unsaturated/α-hetero) is 1. The molecule has 0 aliphatic heterocycles. The van der Waals surface area contributed by atoms with Crippen molar-refractivity contribution in [3.05, 3.63) is 0 Å². The van der Waals surface area contributed by atoms with Crippen LogP contribution >= 0.6 is 0 Å². The second-order valence-electron chi connectivity index (χ2n) is 4.52. The van der Waals surface area contributed by atoms with Crippen molar-refractivity contribution in [1.29, 1.82) is 0 Å². The second-order valence-corrected chi connectivity index (χ2v) is 6.09. The van der Waals surface area contributed by atoms with Gasteiger partial charge in [-0.15, -0.1) is 0 Å². The monoisotopic (exact) mass is 279 g/mol. The first kappa shape index (κ1) is 17.5. The van der Waals surface area contributed by atoms with Gasteiger partial charge in [-0.25, -0.2) is 0 Å². The highest BCUT2D eigenvalue weighted by Gasteiger charge is 2.05. The molecule has 18 heavy (non-hydrogen) atoms. The van der Waals surface area contributed by atoms with E-state index in [4.69, 9.17) is 4.55 Å². The Morgan fingerprint density at radius 1 is 1.11 bits per heavy atom. The van der Waals surface area contributed by atoms with E-state index in [9.17, 15) is 13.2 Å². The Morgan fingerprint density at radius 2 is 1.72 bits per heavy atom. The zero-order valence-electron chi connectivity index (χ0n) is 11.2. The van der Waals surface area contributed by atoms with Crippen molar-refractivity contribution < 1.29 is 17.8 Å². The predicted molar refractivity (Wildman–Crippen MR) is 72.3 cm³/mol. The molecule has 0 aromatic carbocycles. The predicted octanol–water partition coefficient (Wildman–Crippen LogP) is 1.78. The average Bonchev–Trinajstić information content (AvgIpc) is 2.28. The molecule has 108 valence electrons. The van der Waals surface area contributed by atoms with Crippen LogP contribution in [-0.4, -0.2) is 37.6 Å². The van der Waals surface area contributed by atoms with Crippen LogP contribution in [0.15, 0.2) is 0 Å². The number of rotatable bonds is 12. The fourth-order valence-electron chi connectivity index (χ4n) is 1.62.